The molecular formula is C19H20F2N8. The van der Waals surface area contributed by atoms with Crippen LogP contribution in [0.2, 0.25) is 0 Å². The van der Waals surface area contributed by atoms with Crippen molar-refractivity contribution in [2.75, 3.05) is 0 Å². The summed E-state index contributed by atoms with van der Waals surface area (Å²) >= 11 is 0. The number of H-pyrrole nitrogens is 2. The predicted molar refractivity (Wildman–Crippen MR) is 102 cm³/mol. The molecule has 4 aromatic rings. The summed E-state index contributed by atoms with van der Waals surface area (Å²) in [6.45, 7) is 2.36. The zero-order valence-corrected chi connectivity index (χ0v) is 15.9. The van der Waals surface area contributed by atoms with Gasteiger partial charge in [-0.3, -0.25) is 10.2 Å². The van der Waals surface area contributed by atoms with E-state index in [9.17, 15) is 8.78 Å². The van der Waals surface area contributed by atoms with Crippen LogP contribution in [0.1, 0.15) is 37.4 Å². The molecule has 8 nitrogen and oxygen atoms in total. The maximum absolute atomic E-state index is 13.6. The number of unbranched alkanes of at least 4 members (excludes halogenated alkanes) is 2. The van der Waals surface area contributed by atoms with Crippen LogP contribution < -0.4 is 0 Å². The Morgan fingerprint density at radius 2 is 1.97 bits per heavy atom. The molecule has 0 aliphatic carbocycles. The van der Waals surface area contributed by atoms with Gasteiger partial charge in [-0.25, -0.2) is 23.4 Å². The van der Waals surface area contributed by atoms with Gasteiger partial charge < -0.3 is 0 Å². The van der Waals surface area contributed by atoms with Crippen molar-refractivity contribution in [3.8, 4) is 23.2 Å². The number of aryl methyl sites for hydroxylation is 1. The van der Waals surface area contributed by atoms with Gasteiger partial charge in [-0.15, -0.1) is 5.10 Å². The Morgan fingerprint density at radius 1 is 1.07 bits per heavy atom. The molecule has 0 saturated heterocycles. The van der Waals surface area contributed by atoms with Crippen LogP contribution in [0, 0.1) is 11.6 Å². The second kappa shape index (κ2) is 8.29. The minimum absolute atomic E-state index is 0.200. The topological polar surface area (TPSA) is 101 Å². The van der Waals surface area contributed by atoms with Gasteiger partial charge in [-0.2, -0.15) is 10.2 Å². The average molecular weight is 398 g/mol. The highest BCUT2D eigenvalue weighted by Crippen LogP contribution is 2.22. The Labute approximate surface area is 165 Å². The molecule has 0 atom stereocenters. The zero-order chi connectivity index (χ0) is 20.2. The fraction of sp³-hybridized carbons (Fsp3) is 0.316. The van der Waals surface area contributed by atoms with Crippen LogP contribution in [0.3, 0.4) is 0 Å². The number of hydrogen-bond donors (Lipinski definition) is 2. The van der Waals surface area contributed by atoms with E-state index in [1.165, 1.54) is 12.4 Å². The van der Waals surface area contributed by atoms with E-state index in [1.807, 2.05) is 6.07 Å². The average Bonchev–Trinajstić information content (AvgIpc) is 3.45. The van der Waals surface area contributed by atoms with Crippen LogP contribution >= 0.6 is 0 Å². The van der Waals surface area contributed by atoms with E-state index in [0.717, 1.165) is 43.5 Å². The number of nitrogens with zero attached hydrogens (tertiary/aromatic N) is 6. The van der Waals surface area contributed by atoms with E-state index in [-0.39, 0.29) is 6.54 Å². The summed E-state index contributed by atoms with van der Waals surface area (Å²) in [6.07, 6.45) is 5.63. The van der Waals surface area contributed by atoms with Crippen molar-refractivity contribution in [3.63, 3.8) is 0 Å². The SMILES string of the molecule is CCCCCc1cc(-c2nc(-c3ncn[nH]3)nn2Cc2ccc(F)c(F)c2)n[nH]1. The lowest BCUT2D eigenvalue weighted by molar-refractivity contribution is 0.506. The summed E-state index contributed by atoms with van der Waals surface area (Å²) in [5.74, 6) is -0.541. The Kier molecular flexibility index (Phi) is 5.41. The first-order valence-corrected chi connectivity index (χ1v) is 9.43. The highest BCUT2D eigenvalue weighted by atomic mass is 19.2. The van der Waals surface area contributed by atoms with Gasteiger partial charge in [0.05, 0.1) is 6.54 Å². The van der Waals surface area contributed by atoms with E-state index in [0.29, 0.717) is 28.7 Å². The van der Waals surface area contributed by atoms with Gasteiger partial charge in [0.2, 0.25) is 5.82 Å². The maximum Gasteiger partial charge on any atom is 0.219 e. The van der Waals surface area contributed by atoms with Crippen molar-refractivity contribution in [3.05, 3.63) is 53.5 Å². The lowest BCUT2D eigenvalue weighted by Gasteiger charge is -2.05. The molecule has 4 rings (SSSR count). The molecule has 10 heteroatoms. The molecule has 0 aliphatic rings. The minimum atomic E-state index is -0.905. The molecule has 3 aromatic heterocycles. The summed E-state index contributed by atoms with van der Waals surface area (Å²) in [4.78, 5) is 8.62. The molecule has 0 bridgehead atoms. The number of halogens is 2. The smallest absolute Gasteiger partial charge is 0.219 e. The molecular weight excluding hydrogens is 378 g/mol. The van der Waals surface area contributed by atoms with Gasteiger partial charge in [0, 0.05) is 5.69 Å². The summed E-state index contributed by atoms with van der Waals surface area (Å²) in [7, 11) is 0. The summed E-state index contributed by atoms with van der Waals surface area (Å²) in [5.41, 5.74) is 2.19. The van der Waals surface area contributed by atoms with E-state index < -0.39 is 11.6 Å². The first kappa shape index (κ1) is 18.9. The Morgan fingerprint density at radius 3 is 2.72 bits per heavy atom. The fourth-order valence-corrected chi connectivity index (χ4v) is 3.04. The van der Waals surface area contributed by atoms with E-state index >= 15 is 0 Å². The highest BCUT2D eigenvalue weighted by Gasteiger charge is 2.18. The van der Waals surface area contributed by atoms with Crippen LogP contribution in [0.15, 0.2) is 30.6 Å². The van der Waals surface area contributed by atoms with Crippen LogP contribution in [0.25, 0.3) is 23.2 Å². The lowest BCUT2D eigenvalue weighted by atomic mass is 10.1. The summed E-state index contributed by atoms with van der Waals surface area (Å²) < 4.78 is 28.5. The van der Waals surface area contributed by atoms with E-state index in [1.54, 1.807) is 4.68 Å². The maximum atomic E-state index is 13.6. The van der Waals surface area contributed by atoms with Crippen molar-refractivity contribution >= 4 is 0 Å². The third kappa shape index (κ3) is 4.20. The lowest BCUT2D eigenvalue weighted by Crippen LogP contribution is -2.05. The predicted octanol–water partition coefficient (Wildman–Crippen LogP) is 3.51. The second-order valence-electron chi connectivity index (χ2n) is 6.73. The van der Waals surface area contributed by atoms with Crippen LogP contribution in [-0.4, -0.2) is 40.1 Å². The molecule has 0 saturated carbocycles. The third-order valence-electron chi connectivity index (χ3n) is 4.52. The molecule has 29 heavy (non-hydrogen) atoms. The molecule has 2 N–H and O–H groups in total. The molecule has 150 valence electrons. The van der Waals surface area contributed by atoms with Gasteiger partial charge in [0.15, 0.2) is 23.3 Å². The molecule has 0 unspecified atom stereocenters. The van der Waals surface area contributed by atoms with Crippen molar-refractivity contribution in [1.29, 1.82) is 0 Å². The molecule has 0 aliphatic heterocycles. The number of nitrogens with one attached hydrogen (secondary N) is 2. The normalized spacial score (nSPS) is 11.3. The summed E-state index contributed by atoms with van der Waals surface area (Å²) in [5, 5.41) is 18.4. The quantitative estimate of drug-likeness (QED) is 0.442. The number of rotatable bonds is 8. The summed E-state index contributed by atoms with van der Waals surface area (Å²) in [6, 6.07) is 5.69. The number of aromatic nitrogens is 8. The molecule has 1 aromatic carbocycles. The van der Waals surface area contributed by atoms with Crippen molar-refractivity contribution in [1.82, 2.24) is 40.1 Å². The Bertz CT molecular complexity index is 1080. The molecule has 0 spiro atoms. The molecule has 0 amide bonds. The van der Waals surface area contributed by atoms with Crippen LogP contribution in [0.5, 0.6) is 0 Å². The number of aromatic amines is 2. The third-order valence-corrected chi connectivity index (χ3v) is 4.52. The van der Waals surface area contributed by atoms with Crippen molar-refractivity contribution < 1.29 is 8.78 Å². The van der Waals surface area contributed by atoms with Crippen molar-refractivity contribution in [2.45, 2.75) is 39.2 Å². The van der Waals surface area contributed by atoms with Gasteiger partial charge in [0.1, 0.15) is 12.0 Å². The zero-order valence-electron chi connectivity index (χ0n) is 15.9. The fourth-order valence-electron chi connectivity index (χ4n) is 3.04. The standard InChI is InChI=1S/C19H20F2N8/c1-2-3-4-5-13-9-16(26-25-13)19-24-18(17-22-11-23-27-17)28-29(19)10-12-6-7-14(20)15(21)8-12/h6-9,11H,2-5,10H2,1H3,(H,25,26)(H,22,23,27). The van der Waals surface area contributed by atoms with Gasteiger partial charge in [-0.1, -0.05) is 25.8 Å². The van der Waals surface area contributed by atoms with Crippen LogP contribution in [0.4, 0.5) is 8.78 Å². The highest BCUT2D eigenvalue weighted by molar-refractivity contribution is 5.54. The number of hydrogen-bond acceptors (Lipinski definition) is 5. The Hall–Kier alpha value is -3.43. The van der Waals surface area contributed by atoms with Gasteiger partial charge in [0.25, 0.3) is 0 Å². The molecule has 3 heterocycles. The Balaban J connectivity index is 1.67. The molecule has 0 radical (unpaired) electrons. The van der Waals surface area contributed by atoms with E-state index in [2.05, 4.69) is 42.4 Å². The first-order chi connectivity index (χ1) is 14.1. The van der Waals surface area contributed by atoms with Gasteiger partial charge in [-0.05, 0) is 36.6 Å². The van der Waals surface area contributed by atoms with Gasteiger partial charge >= 0.3 is 0 Å². The van der Waals surface area contributed by atoms with E-state index in [4.69, 9.17) is 0 Å². The largest absolute Gasteiger partial charge is 0.282 e. The minimum Gasteiger partial charge on any atom is -0.282 e. The second-order valence-corrected chi connectivity index (χ2v) is 6.73. The monoisotopic (exact) mass is 398 g/mol. The number of benzene rings is 1. The van der Waals surface area contributed by atoms with Crippen LogP contribution in [-0.2, 0) is 13.0 Å². The first-order valence-electron chi connectivity index (χ1n) is 9.43. The molecule has 0 fully saturated rings. The van der Waals surface area contributed by atoms with Crippen molar-refractivity contribution in [2.24, 2.45) is 0 Å².